The van der Waals surface area contributed by atoms with Crippen LogP contribution in [0.25, 0.3) is 0 Å². The second-order valence-corrected chi connectivity index (χ2v) is 6.38. The highest BCUT2D eigenvalue weighted by Gasteiger charge is 2.46. The molecule has 0 bridgehead atoms. The van der Waals surface area contributed by atoms with E-state index in [1.54, 1.807) is 13.0 Å². The summed E-state index contributed by atoms with van der Waals surface area (Å²) in [6.45, 7) is 1.79. The van der Waals surface area contributed by atoms with Gasteiger partial charge >= 0.3 is 17.8 Å². The first-order chi connectivity index (χ1) is 11.5. The lowest BCUT2D eigenvalue weighted by atomic mass is 10.1. The van der Waals surface area contributed by atoms with Crippen LogP contribution >= 0.6 is 15.9 Å². The SMILES string of the molecule is CC(c1ccccc1)N1C(=O)C(=O)N(Cc2ccccc2Br)C1=O. The predicted octanol–water partition coefficient (Wildman–Crippen LogP) is 3.50. The minimum Gasteiger partial charge on any atom is -0.263 e. The van der Waals surface area contributed by atoms with Crippen molar-refractivity contribution in [2.24, 2.45) is 0 Å². The van der Waals surface area contributed by atoms with Crippen LogP contribution in [0.4, 0.5) is 4.79 Å². The molecule has 0 saturated carbocycles. The Morgan fingerprint density at radius 2 is 1.54 bits per heavy atom. The zero-order valence-corrected chi connectivity index (χ0v) is 14.6. The molecule has 122 valence electrons. The Balaban J connectivity index is 1.87. The van der Waals surface area contributed by atoms with E-state index >= 15 is 0 Å². The summed E-state index contributed by atoms with van der Waals surface area (Å²) in [5.41, 5.74) is 1.57. The molecular weight excluding hydrogens is 372 g/mol. The molecule has 1 atom stereocenters. The molecule has 0 aliphatic carbocycles. The van der Waals surface area contributed by atoms with Gasteiger partial charge in [0, 0.05) is 4.47 Å². The Morgan fingerprint density at radius 1 is 0.917 bits per heavy atom. The molecule has 1 unspecified atom stereocenters. The van der Waals surface area contributed by atoms with Crippen LogP contribution < -0.4 is 0 Å². The minimum absolute atomic E-state index is 0.0584. The number of imide groups is 2. The molecule has 24 heavy (non-hydrogen) atoms. The van der Waals surface area contributed by atoms with Crippen LogP contribution in [0.5, 0.6) is 0 Å². The van der Waals surface area contributed by atoms with Crippen LogP contribution in [0.15, 0.2) is 59.1 Å². The van der Waals surface area contributed by atoms with Crippen molar-refractivity contribution >= 4 is 33.8 Å². The third kappa shape index (κ3) is 2.85. The monoisotopic (exact) mass is 386 g/mol. The van der Waals surface area contributed by atoms with Gasteiger partial charge in [0.25, 0.3) is 0 Å². The average Bonchev–Trinajstić information content (AvgIpc) is 2.80. The summed E-state index contributed by atoms with van der Waals surface area (Å²) in [7, 11) is 0. The minimum atomic E-state index is -0.793. The van der Waals surface area contributed by atoms with Crippen LogP contribution in [0.3, 0.4) is 0 Å². The van der Waals surface area contributed by atoms with Crippen molar-refractivity contribution in [1.82, 2.24) is 9.80 Å². The second-order valence-electron chi connectivity index (χ2n) is 5.53. The van der Waals surface area contributed by atoms with E-state index < -0.39 is 23.9 Å². The Hall–Kier alpha value is -2.47. The largest absolute Gasteiger partial charge is 0.335 e. The van der Waals surface area contributed by atoms with Gasteiger partial charge in [-0.1, -0.05) is 64.5 Å². The highest BCUT2D eigenvalue weighted by Crippen LogP contribution is 2.28. The van der Waals surface area contributed by atoms with Crippen molar-refractivity contribution < 1.29 is 14.4 Å². The molecule has 1 aliphatic heterocycles. The molecule has 0 spiro atoms. The molecule has 3 rings (SSSR count). The highest BCUT2D eigenvalue weighted by atomic mass is 79.9. The fourth-order valence-electron chi connectivity index (χ4n) is 2.68. The van der Waals surface area contributed by atoms with Crippen molar-refractivity contribution in [3.63, 3.8) is 0 Å². The van der Waals surface area contributed by atoms with E-state index in [9.17, 15) is 14.4 Å². The summed E-state index contributed by atoms with van der Waals surface area (Å²) < 4.78 is 0.785. The number of amides is 4. The van der Waals surface area contributed by atoms with Crippen LogP contribution in [0.1, 0.15) is 24.1 Å². The number of carbonyl (C=O) groups excluding carboxylic acids is 3. The quantitative estimate of drug-likeness (QED) is 0.596. The Labute approximate surface area is 148 Å². The van der Waals surface area contributed by atoms with E-state index in [1.807, 2.05) is 48.5 Å². The first kappa shape index (κ1) is 16.4. The third-order valence-electron chi connectivity index (χ3n) is 4.04. The molecule has 1 fully saturated rings. The topological polar surface area (TPSA) is 57.7 Å². The summed E-state index contributed by atoms with van der Waals surface area (Å²) in [6.07, 6.45) is 0. The van der Waals surface area contributed by atoms with Gasteiger partial charge in [-0.25, -0.2) is 9.69 Å². The standard InChI is InChI=1S/C18H15BrN2O3/c1-12(13-7-3-2-4-8-13)21-17(23)16(22)20(18(21)24)11-14-9-5-6-10-15(14)19/h2-10,12H,11H2,1H3. The first-order valence-electron chi connectivity index (χ1n) is 7.48. The van der Waals surface area contributed by atoms with Gasteiger partial charge in [-0.2, -0.15) is 0 Å². The number of carbonyl (C=O) groups is 3. The number of urea groups is 1. The number of hydrogen-bond donors (Lipinski definition) is 0. The van der Waals surface area contributed by atoms with E-state index in [2.05, 4.69) is 15.9 Å². The van der Waals surface area contributed by atoms with Gasteiger partial charge in [-0.05, 0) is 24.1 Å². The Bertz CT molecular complexity index is 807. The van der Waals surface area contributed by atoms with Gasteiger partial charge < -0.3 is 0 Å². The molecule has 0 N–H and O–H groups in total. The van der Waals surface area contributed by atoms with Gasteiger partial charge in [0.2, 0.25) is 0 Å². The summed E-state index contributed by atoms with van der Waals surface area (Å²) >= 11 is 3.39. The molecule has 1 aliphatic rings. The molecule has 2 aromatic carbocycles. The molecule has 4 amide bonds. The van der Waals surface area contributed by atoms with Crippen LogP contribution in [-0.4, -0.2) is 27.6 Å². The molecular formula is C18H15BrN2O3. The predicted molar refractivity (Wildman–Crippen MR) is 91.8 cm³/mol. The molecule has 6 heteroatoms. The van der Waals surface area contributed by atoms with Gasteiger partial charge in [-0.3, -0.25) is 14.5 Å². The summed E-state index contributed by atoms with van der Waals surface area (Å²) in [5, 5.41) is 0. The molecule has 1 heterocycles. The lowest BCUT2D eigenvalue weighted by Crippen LogP contribution is -2.35. The Kier molecular flexibility index (Phi) is 4.49. The lowest BCUT2D eigenvalue weighted by Gasteiger charge is -2.22. The van der Waals surface area contributed by atoms with Crippen molar-refractivity contribution in [3.05, 3.63) is 70.2 Å². The van der Waals surface area contributed by atoms with Crippen LogP contribution in [-0.2, 0) is 16.1 Å². The van der Waals surface area contributed by atoms with Gasteiger partial charge in [0.1, 0.15) is 0 Å². The summed E-state index contributed by atoms with van der Waals surface area (Å²) in [5.74, 6) is -1.58. The van der Waals surface area contributed by atoms with Gasteiger partial charge in [0.15, 0.2) is 0 Å². The molecule has 5 nitrogen and oxygen atoms in total. The third-order valence-corrected chi connectivity index (χ3v) is 4.81. The van der Waals surface area contributed by atoms with E-state index in [1.165, 1.54) is 0 Å². The van der Waals surface area contributed by atoms with Crippen LogP contribution in [0.2, 0.25) is 0 Å². The molecule has 2 aromatic rings. The fraction of sp³-hybridized carbons (Fsp3) is 0.167. The smallest absolute Gasteiger partial charge is 0.263 e. The van der Waals surface area contributed by atoms with E-state index in [-0.39, 0.29) is 6.54 Å². The maximum Gasteiger partial charge on any atom is 0.335 e. The Morgan fingerprint density at radius 3 is 2.21 bits per heavy atom. The van der Waals surface area contributed by atoms with E-state index in [0.29, 0.717) is 0 Å². The zero-order chi connectivity index (χ0) is 17.3. The maximum atomic E-state index is 12.7. The van der Waals surface area contributed by atoms with Crippen LogP contribution in [0, 0.1) is 0 Å². The number of halogens is 1. The fourth-order valence-corrected chi connectivity index (χ4v) is 3.09. The van der Waals surface area contributed by atoms with Gasteiger partial charge in [-0.15, -0.1) is 0 Å². The van der Waals surface area contributed by atoms with E-state index in [4.69, 9.17) is 0 Å². The maximum absolute atomic E-state index is 12.7. The first-order valence-corrected chi connectivity index (χ1v) is 8.27. The lowest BCUT2D eigenvalue weighted by molar-refractivity contribution is -0.144. The number of rotatable bonds is 4. The summed E-state index contributed by atoms with van der Waals surface area (Å²) in [6, 6.07) is 15.4. The molecule has 1 saturated heterocycles. The van der Waals surface area contributed by atoms with Gasteiger partial charge in [0.05, 0.1) is 12.6 Å². The zero-order valence-electron chi connectivity index (χ0n) is 13.0. The second kappa shape index (κ2) is 6.57. The van der Waals surface area contributed by atoms with Crippen molar-refractivity contribution in [2.45, 2.75) is 19.5 Å². The normalized spacial score (nSPS) is 16.0. The van der Waals surface area contributed by atoms with Crippen molar-refractivity contribution in [1.29, 1.82) is 0 Å². The number of nitrogens with zero attached hydrogens (tertiary/aromatic N) is 2. The molecule has 0 aromatic heterocycles. The highest BCUT2D eigenvalue weighted by molar-refractivity contribution is 9.10. The van der Waals surface area contributed by atoms with E-state index in [0.717, 1.165) is 25.4 Å². The summed E-state index contributed by atoms with van der Waals surface area (Å²) in [4.78, 5) is 39.3. The molecule has 0 radical (unpaired) electrons. The van der Waals surface area contributed by atoms with Crippen molar-refractivity contribution in [3.8, 4) is 0 Å². The number of hydrogen-bond acceptors (Lipinski definition) is 3. The average molecular weight is 387 g/mol. The van der Waals surface area contributed by atoms with Crippen molar-refractivity contribution in [2.75, 3.05) is 0 Å². The number of benzene rings is 2.